The second kappa shape index (κ2) is 8.47. The maximum atomic E-state index is 10.1. The van der Waals surface area contributed by atoms with E-state index in [0.717, 1.165) is 34.2 Å². The lowest BCUT2D eigenvalue weighted by Crippen LogP contribution is -2.31. The summed E-state index contributed by atoms with van der Waals surface area (Å²) >= 11 is 0. The second-order valence-corrected chi connectivity index (χ2v) is 9.30. The van der Waals surface area contributed by atoms with Crippen molar-refractivity contribution < 1.29 is 15.8 Å². The lowest BCUT2D eigenvalue weighted by atomic mass is 9.93. The molecule has 168 valence electrons. The maximum absolute atomic E-state index is 10.1. The first kappa shape index (κ1) is 16.7. The number of pyridine rings is 1. The van der Waals surface area contributed by atoms with Crippen molar-refractivity contribution in [2.45, 2.75) is 34.1 Å². The Morgan fingerprint density at radius 1 is 1.00 bits per heavy atom. The van der Waals surface area contributed by atoms with Crippen LogP contribution in [0.25, 0.3) is 44.3 Å². The third-order valence-electron chi connectivity index (χ3n) is 6.29. The molecule has 0 unspecified atom stereocenters. The van der Waals surface area contributed by atoms with Crippen molar-refractivity contribution in [1.29, 1.82) is 5.26 Å². The minimum Gasteiger partial charge on any atom is -0.454 e. The summed E-state index contributed by atoms with van der Waals surface area (Å²) in [7, 11) is 1.99. The molecule has 0 bridgehead atoms. The number of hydrogen-bond donors (Lipinski definition) is 0. The van der Waals surface area contributed by atoms with E-state index in [0.29, 0.717) is 33.6 Å². The van der Waals surface area contributed by atoms with Crippen molar-refractivity contribution in [3.63, 3.8) is 0 Å². The van der Waals surface area contributed by atoms with Gasteiger partial charge in [-0.25, -0.2) is 4.57 Å². The molecular formula is C31H29N2O+. The van der Waals surface area contributed by atoms with Crippen molar-refractivity contribution in [1.82, 2.24) is 0 Å². The Morgan fingerprint density at radius 2 is 1.76 bits per heavy atom. The molecule has 2 heterocycles. The Hall–Kier alpha value is -3.90. The fraction of sp³-hybridized carbons (Fsp3) is 0.226. The Labute approximate surface area is 207 Å². The van der Waals surface area contributed by atoms with Gasteiger partial charge < -0.3 is 4.42 Å². The number of aromatic nitrogens is 1. The molecule has 0 fully saturated rings. The highest BCUT2D eigenvalue weighted by Crippen LogP contribution is 2.43. The molecule has 5 rings (SSSR count). The minimum atomic E-state index is -0.453. The molecule has 0 amide bonds. The average Bonchev–Trinajstić information content (AvgIpc) is 3.29. The van der Waals surface area contributed by atoms with Crippen molar-refractivity contribution in [2.75, 3.05) is 0 Å². The van der Waals surface area contributed by atoms with Crippen LogP contribution < -0.4 is 4.57 Å². The number of rotatable bonds is 4. The van der Waals surface area contributed by atoms with Gasteiger partial charge in [-0.2, -0.15) is 5.26 Å². The third kappa shape index (κ3) is 3.56. The molecule has 0 aliphatic heterocycles. The lowest BCUT2D eigenvalue weighted by Gasteiger charge is -2.10. The van der Waals surface area contributed by atoms with Crippen LogP contribution in [0.5, 0.6) is 0 Å². The number of aryl methyl sites for hydroxylation is 3. The summed E-state index contributed by atoms with van der Waals surface area (Å²) in [6.07, 6.45) is 2.97. The van der Waals surface area contributed by atoms with E-state index < -0.39 is 18.1 Å². The van der Waals surface area contributed by atoms with Gasteiger partial charge in [0.05, 0.1) is 24.0 Å². The largest absolute Gasteiger partial charge is 0.454 e. The van der Waals surface area contributed by atoms with Crippen LogP contribution in [0.2, 0.25) is 0 Å². The van der Waals surface area contributed by atoms with E-state index in [1.165, 1.54) is 5.56 Å². The predicted octanol–water partition coefficient (Wildman–Crippen LogP) is 7.43. The van der Waals surface area contributed by atoms with E-state index in [9.17, 15) is 5.26 Å². The van der Waals surface area contributed by atoms with Gasteiger partial charge >= 0.3 is 0 Å². The van der Waals surface area contributed by atoms with Crippen LogP contribution in [0.1, 0.15) is 43.0 Å². The van der Waals surface area contributed by atoms with Crippen LogP contribution in [0.4, 0.5) is 0 Å². The summed E-state index contributed by atoms with van der Waals surface area (Å²) in [5.41, 5.74) is 6.77. The lowest BCUT2D eigenvalue weighted by molar-refractivity contribution is -0.660. The van der Waals surface area contributed by atoms with Gasteiger partial charge in [0.15, 0.2) is 6.20 Å². The van der Waals surface area contributed by atoms with Gasteiger partial charge in [-0.1, -0.05) is 50.1 Å². The monoisotopic (exact) mass is 450 g/mol. The fourth-order valence-electron chi connectivity index (χ4n) is 4.86. The molecule has 3 nitrogen and oxygen atoms in total. The first-order valence-electron chi connectivity index (χ1n) is 13.9. The SMILES string of the molecule is [2H]c1c([2H])c([2H])c(-c2ccc(C#N)c3c2oc2c(-c4cc(CC(C)C)cc[n+]4C)c(C)cc(C)c23)c([2H])c1[2H]. The molecular weight excluding hydrogens is 416 g/mol. The standard InChI is InChI=1S/C31H29N2O/c1-19(2)15-22-13-14-33(5)26(17-22)27-20(3)16-21(4)28-29-24(18-32)11-12-25(30(29)34-31(27)28)23-9-7-6-8-10-23/h6-14,16-17,19H,15H2,1-5H3/q+1/i6D,7D,8D,9D,10D. The first-order chi connectivity index (χ1) is 18.5. The van der Waals surface area contributed by atoms with Gasteiger partial charge in [0.2, 0.25) is 5.69 Å². The van der Waals surface area contributed by atoms with E-state index in [1.54, 1.807) is 12.1 Å². The summed E-state index contributed by atoms with van der Waals surface area (Å²) in [5, 5.41) is 11.4. The molecule has 3 heteroatoms. The molecule has 3 aromatic carbocycles. The molecule has 0 radical (unpaired) electrons. The van der Waals surface area contributed by atoms with Gasteiger partial charge in [0.1, 0.15) is 18.2 Å². The molecule has 0 spiro atoms. The van der Waals surface area contributed by atoms with Crippen LogP contribution >= 0.6 is 0 Å². The summed E-state index contributed by atoms with van der Waals surface area (Å²) in [4.78, 5) is 0. The average molecular weight is 451 g/mol. The quantitative estimate of drug-likeness (QED) is 0.267. The van der Waals surface area contributed by atoms with E-state index in [2.05, 4.69) is 42.7 Å². The summed E-state index contributed by atoms with van der Waals surface area (Å²) < 4.78 is 50.2. The Bertz CT molecular complexity index is 1840. The maximum Gasteiger partial charge on any atom is 0.216 e. The van der Waals surface area contributed by atoms with E-state index in [1.807, 2.05) is 27.1 Å². The zero-order chi connectivity index (χ0) is 28.3. The summed E-state index contributed by atoms with van der Waals surface area (Å²) in [6.45, 7) is 8.38. The van der Waals surface area contributed by atoms with Crippen molar-refractivity contribution in [3.05, 3.63) is 89.0 Å². The molecule has 0 saturated heterocycles. The highest BCUT2D eigenvalue weighted by atomic mass is 16.3. The van der Waals surface area contributed by atoms with E-state index in [-0.39, 0.29) is 17.6 Å². The molecule has 0 N–H and O–H groups in total. The highest BCUT2D eigenvalue weighted by molar-refractivity contribution is 6.16. The zero-order valence-corrected chi connectivity index (χ0v) is 20.1. The Kier molecular flexibility index (Phi) is 4.15. The van der Waals surface area contributed by atoms with Gasteiger partial charge in [-0.3, -0.25) is 0 Å². The van der Waals surface area contributed by atoms with Gasteiger partial charge in [0, 0.05) is 28.5 Å². The highest BCUT2D eigenvalue weighted by Gasteiger charge is 2.25. The van der Waals surface area contributed by atoms with Gasteiger partial charge in [-0.15, -0.1) is 0 Å². The molecule has 0 aliphatic rings. The topological polar surface area (TPSA) is 40.8 Å². The third-order valence-corrected chi connectivity index (χ3v) is 6.29. The molecule has 0 saturated carbocycles. The van der Waals surface area contributed by atoms with Crippen molar-refractivity contribution in [2.24, 2.45) is 13.0 Å². The van der Waals surface area contributed by atoms with Gasteiger partial charge in [-0.05, 0) is 60.6 Å². The summed E-state index contributed by atoms with van der Waals surface area (Å²) in [5.74, 6) is 0.494. The smallest absolute Gasteiger partial charge is 0.216 e. The number of nitrogens with zero attached hydrogens (tertiary/aromatic N) is 2. The number of hydrogen-bond acceptors (Lipinski definition) is 2. The first-order valence-corrected chi connectivity index (χ1v) is 11.4. The second-order valence-electron chi connectivity index (χ2n) is 9.30. The Morgan fingerprint density at radius 3 is 2.47 bits per heavy atom. The van der Waals surface area contributed by atoms with Crippen LogP contribution in [-0.2, 0) is 13.5 Å². The number of furan rings is 1. The van der Waals surface area contributed by atoms with E-state index >= 15 is 0 Å². The molecule has 0 aliphatic carbocycles. The number of nitriles is 1. The molecule has 34 heavy (non-hydrogen) atoms. The fourth-order valence-corrected chi connectivity index (χ4v) is 4.86. The number of benzene rings is 3. The molecule has 2 aromatic heterocycles. The van der Waals surface area contributed by atoms with Crippen molar-refractivity contribution in [3.8, 4) is 28.5 Å². The molecule has 0 atom stereocenters. The van der Waals surface area contributed by atoms with Crippen LogP contribution in [0.15, 0.2) is 71.2 Å². The number of fused-ring (bicyclic) bond motifs is 3. The minimum absolute atomic E-state index is 0.0509. The van der Waals surface area contributed by atoms with Crippen molar-refractivity contribution >= 4 is 21.9 Å². The summed E-state index contributed by atoms with van der Waals surface area (Å²) in [6, 6.07) is 9.98. The zero-order valence-electron chi connectivity index (χ0n) is 25.1. The molecule has 5 aromatic rings. The van der Waals surface area contributed by atoms with Crippen LogP contribution in [-0.4, -0.2) is 0 Å². The normalized spacial score (nSPS) is 13.5. The van der Waals surface area contributed by atoms with Crippen LogP contribution in [0, 0.1) is 31.1 Å². The van der Waals surface area contributed by atoms with E-state index in [4.69, 9.17) is 11.3 Å². The predicted molar refractivity (Wildman–Crippen MR) is 138 cm³/mol. The van der Waals surface area contributed by atoms with Gasteiger partial charge in [0.25, 0.3) is 0 Å². The van der Waals surface area contributed by atoms with Crippen LogP contribution in [0.3, 0.4) is 0 Å². The Balaban J connectivity index is 1.95.